The van der Waals surface area contributed by atoms with Crippen molar-refractivity contribution in [2.24, 2.45) is 5.92 Å². The molecule has 0 saturated heterocycles. The lowest BCUT2D eigenvalue weighted by Crippen LogP contribution is -2.01. The molecule has 1 aromatic heterocycles. The summed E-state index contributed by atoms with van der Waals surface area (Å²) in [6.07, 6.45) is 0.486. The number of aliphatic hydroxyl groups excluding tert-OH is 1. The van der Waals surface area contributed by atoms with Crippen molar-refractivity contribution in [3.63, 3.8) is 0 Å². The SMILES string of the molecule is Cc1nc(C)c(C(O)c2cccc(CC(C)C)c2)s1. The predicted octanol–water partition coefficient (Wildman–Crippen LogP) is 4.04. The molecule has 0 spiro atoms. The fourth-order valence-electron chi connectivity index (χ4n) is 2.31. The van der Waals surface area contributed by atoms with Crippen LogP contribution in [0.1, 0.15) is 46.7 Å². The first-order chi connectivity index (χ1) is 8.97. The van der Waals surface area contributed by atoms with E-state index in [1.807, 2.05) is 26.0 Å². The summed E-state index contributed by atoms with van der Waals surface area (Å²) in [7, 11) is 0. The van der Waals surface area contributed by atoms with Crippen molar-refractivity contribution in [2.45, 2.75) is 40.2 Å². The fraction of sp³-hybridized carbons (Fsp3) is 0.438. The van der Waals surface area contributed by atoms with E-state index in [9.17, 15) is 5.11 Å². The van der Waals surface area contributed by atoms with Gasteiger partial charge in [0.05, 0.1) is 15.6 Å². The number of hydrogen-bond acceptors (Lipinski definition) is 3. The first kappa shape index (κ1) is 14.2. The molecule has 1 N–H and O–H groups in total. The van der Waals surface area contributed by atoms with Crippen molar-refractivity contribution < 1.29 is 5.11 Å². The van der Waals surface area contributed by atoms with E-state index >= 15 is 0 Å². The van der Waals surface area contributed by atoms with Crippen LogP contribution in [0.3, 0.4) is 0 Å². The van der Waals surface area contributed by atoms with Crippen LogP contribution in [-0.2, 0) is 6.42 Å². The number of thiazole rings is 1. The van der Waals surface area contributed by atoms with Gasteiger partial charge in [-0.1, -0.05) is 38.1 Å². The maximum absolute atomic E-state index is 10.5. The lowest BCUT2D eigenvalue weighted by atomic mass is 9.98. The third-order valence-electron chi connectivity index (χ3n) is 3.10. The summed E-state index contributed by atoms with van der Waals surface area (Å²) in [5.41, 5.74) is 3.18. The molecule has 0 amide bonds. The summed E-state index contributed by atoms with van der Waals surface area (Å²) in [5, 5.41) is 11.5. The highest BCUT2D eigenvalue weighted by molar-refractivity contribution is 7.11. The molecule has 1 aromatic carbocycles. The molecule has 0 bridgehead atoms. The van der Waals surface area contributed by atoms with Gasteiger partial charge in [0.25, 0.3) is 0 Å². The molecule has 102 valence electrons. The average molecular weight is 275 g/mol. The molecule has 0 radical (unpaired) electrons. The van der Waals surface area contributed by atoms with Crippen molar-refractivity contribution in [1.82, 2.24) is 4.98 Å². The first-order valence-electron chi connectivity index (χ1n) is 6.68. The predicted molar refractivity (Wildman–Crippen MR) is 80.6 cm³/mol. The summed E-state index contributed by atoms with van der Waals surface area (Å²) in [6, 6.07) is 8.25. The number of aliphatic hydroxyl groups is 1. The van der Waals surface area contributed by atoms with Gasteiger partial charge in [0.1, 0.15) is 6.10 Å². The van der Waals surface area contributed by atoms with Gasteiger partial charge < -0.3 is 5.11 Å². The molecule has 0 aliphatic carbocycles. The summed E-state index contributed by atoms with van der Waals surface area (Å²) in [4.78, 5) is 5.34. The van der Waals surface area contributed by atoms with E-state index in [-0.39, 0.29) is 0 Å². The third kappa shape index (κ3) is 3.43. The van der Waals surface area contributed by atoms with Crippen molar-refractivity contribution in [3.05, 3.63) is 51.0 Å². The van der Waals surface area contributed by atoms with E-state index in [4.69, 9.17) is 0 Å². The van der Waals surface area contributed by atoms with Gasteiger partial charge in [0.15, 0.2) is 0 Å². The Morgan fingerprint density at radius 1 is 1.26 bits per heavy atom. The standard InChI is InChI=1S/C16H21NOS/c1-10(2)8-13-6-5-7-14(9-13)15(18)16-11(3)17-12(4)19-16/h5-7,9-10,15,18H,8H2,1-4H3. The van der Waals surface area contributed by atoms with Crippen LogP contribution in [-0.4, -0.2) is 10.1 Å². The Morgan fingerprint density at radius 2 is 2.00 bits per heavy atom. The Morgan fingerprint density at radius 3 is 2.58 bits per heavy atom. The van der Waals surface area contributed by atoms with E-state index in [2.05, 4.69) is 31.0 Å². The van der Waals surface area contributed by atoms with E-state index in [0.717, 1.165) is 27.6 Å². The molecule has 2 nitrogen and oxygen atoms in total. The molecule has 3 heteroatoms. The molecule has 1 atom stereocenters. The van der Waals surface area contributed by atoms with Gasteiger partial charge in [-0.05, 0) is 37.3 Å². The van der Waals surface area contributed by atoms with Crippen molar-refractivity contribution in [1.29, 1.82) is 0 Å². The largest absolute Gasteiger partial charge is 0.383 e. The number of hydrogen-bond donors (Lipinski definition) is 1. The second kappa shape index (κ2) is 5.85. The maximum Gasteiger partial charge on any atom is 0.115 e. The van der Waals surface area contributed by atoms with E-state index in [1.165, 1.54) is 5.56 Å². The van der Waals surface area contributed by atoms with Gasteiger partial charge >= 0.3 is 0 Å². The lowest BCUT2D eigenvalue weighted by molar-refractivity contribution is 0.223. The minimum Gasteiger partial charge on any atom is -0.383 e. The van der Waals surface area contributed by atoms with Crippen LogP contribution in [0.25, 0.3) is 0 Å². The number of aromatic nitrogens is 1. The Labute approximate surface area is 119 Å². The minimum absolute atomic E-state index is 0.557. The quantitative estimate of drug-likeness (QED) is 0.913. The summed E-state index contributed by atoms with van der Waals surface area (Å²) in [6.45, 7) is 8.35. The minimum atomic E-state index is -0.557. The second-order valence-electron chi connectivity index (χ2n) is 5.43. The Balaban J connectivity index is 2.28. The first-order valence-corrected chi connectivity index (χ1v) is 7.50. The van der Waals surface area contributed by atoms with Crippen LogP contribution in [0.5, 0.6) is 0 Å². The molecule has 19 heavy (non-hydrogen) atoms. The average Bonchev–Trinajstić information content (AvgIpc) is 2.67. The van der Waals surface area contributed by atoms with E-state index in [0.29, 0.717) is 5.92 Å². The lowest BCUT2D eigenvalue weighted by Gasteiger charge is -2.12. The van der Waals surface area contributed by atoms with Gasteiger partial charge in [-0.25, -0.2) is 4.98 Å². The second-order valence-corrected chi connectivity index (χ2v) is 6.66. The van der Waals surface area contributed by atoms with Crippen LogP contribution < -0.4 is 0 Å². The number of benzene rings is 1. The summed E-state index contributed by atoms with van der Waals surface area (Å²) in [5.74, 6) is 0.625. The fourth-order valence-corrected chi connectivity index (χ4v) is 3.26. The molecule has 2 rings (SSSR count). The van der Waals surface area contributed by atoms with Crippen LogP contribution in [0.15, 0.2) is 24.3 Å². The van der Waals surface area contributed by atoms with Gasteiger partial charge in [-0.15, -0.1) is 11.3 Å². The van der Waals surface area contributed by atoms with E-state index in [1.54, 1.807) is 11.3 Å². The summed E-state index contributed by atoms with van der Waals surface area (Å²) < 4.78 is 0. The maximum atomic E-state index is 10.5. The van der Waals surface area contributed by atoms with E-state index < -0.39 is 6.10 Å². The highest BCUT2D eigenvalue weighted by Gasteiger charge is 2.17. The molecule has 1 unspecified atom stereocenters. The normalized spacial score (nSPS) is 12.9. The molecule has 0 fully saturated rings. The molecule has 0 aliphatic heterocycles. The number of aryl methyl sites for hydroxylation is 2. The third-order valence-corrected chi connectivity index (χ3v) is 4.22. The molecule has 1 heterocycles. The zero-order chi connectivity index (χ0) is 14.0. The van der Waals surface area contributed by atoms with Crippen molar-refractivity contribution >= 4 is 11.3 Å². The van der Waals surface area contributed by atoms with Crippen LogP contribution in [0, 0.1) is 19.8 Å². The van der Waals surface area contributed by atoms with Gasteiger partial charge in [0, 0.05) is 0 Å². The highest BCUT2D eigenvalue weighted by atomic mass is 32.1. The Kier molecular flexibility index (Phi) is 4.38. The van der Waals surface area contributed by atoms with Gasteiger partial charge in [-0.2, -0.15) is 0 Å². The van der Waals surface area contributed by atoms with Crippen LogP contribution in [0.2, 0.25) is 0 Å². The monoisotopic (exact) mass is 275 g/mol. The molecular weight excluding hydrogens is 254 g/mol. The summed E-state index contributed by atoms with van der Waals surface area (Å²) >= 11 is 1.58. The van der Waals surface area contributed by atoms with Crippen molar-refractivity contribution in [2.75, 3.05) is 0 Å². The highest BCUT2D eigenvalue weighted by Crippen LogP contribution is 2.30. The van der Waals surface area contributed by atoms with Crippen LogP contribution >= 0.6 is 11.3 Å². The topological polar surface area (TPSA) is 33.1 Å². The zero-order valence-electron chi connectivity index (χ0n) is 12.0. The Hall–Kier alpha value is -1.19. The van der Waals surface area contributed by atoms with Gasteiger partial charge in [0.2, 0.25) is 0 Å². The van der Waals surface area contributed by atoms with Gasteiger partial charge in [-0.3, -0.25) is 0 Å². The zero-order valence-corrected chi connectivity index (χ0v) is 12.8. The van der Waals surface area contributed by atoms with Crippen molar-refractivity contribution in [3.8, 4) is 0 Å². The molecule has 0 saturated carbocycles. The number of rotatable bonds is 4. The number of nitrogens with zero attached hydrogens (tertiary/aromatic N) is 1. The van der Waals surface area contributed by atoms with Crippen LogP contribution in [0.4, 0.5) is 0 Å². The molecular formula is C16H21NOS. The molecule has 2 aromatic rings. The molecule has 0 aliphatic rings. The Bertz CT molecular complexity index is 560. The smallest absolute Gasteiger partial charge is 0.115 e.